The van der Waals surface area contributed by atoms with E-state index in [0.717, 1.165) is 17.8 Å². The summed E-state index contributed by atoms with van der Waals surface area (Å²) in [5, 5.41) is 4.89. The van der Waals surface area contributed by atoms with Gasteiger partial charge < -0.3 is 9.80 Å². The molecular weight excluding hydrogens is 496 g/mol. The van der Waals surface area contributed by atoms with Gasteiger partial charge in [-0.1, -0.05) is 122 Å². The normalized spacial score (nSPS) is 14.7. The first-order chi connectivity index (χ1) is 20.3. The summed E-state index contributed by atoms with van der Waals surface area (Å²) in [5.41, 5.74) is 7.16. The number of hydrogen-bond acceptors (Lipinski definition) is 2. The Morgan fingerprint density at radius 1 is 0.463 bits per heavy atom. The van der Waals surface area contributed by atoms with Gasteiger partial charge >= 0.3 is 0 Å². The van der Waals surface area contributed by atoms with E-state index in [4.69, 9.17) is 0 Å². The third kappa shape index (κ3) is 4.58. The minimum absolute atomic E-state index is 0.477. The van der Waals surface area contributed by atoms with E-state index >= 15 is 0 Å². The molecule has 0 aromatic heterocycles. The van der Waals surface area contributed by atoms with Gasteiger partial charge in [0.1, 0.15) is 0 Å². The maximum Gasteiger partial charge on any atom is 0.0619 e. The third-order valence-electron chi connectivity index (χ3n) is 7.91. The molecule has 1 aliphatic rings. The Labute approximate surface area is 242 Å². The molecule has 0 amide bonds. The molecule has 0 fully saturated rings. The van der Waals surface area contributed by atoms with Crippen LogP contribution in [0.2, 0.25) is 0 Å². The SMILES string of the molecule is CC1C=CC=C(N(c2ccccc2)c2c3ccccc3c(N(c3ccccc3)c3ccccc3)c3ccccc23)C1. The summed E-state index contributed by atoms with van der Waals surface area (Å²) < 4.78 is 0. The Bertz CT molecular complexity index is 1780. The number of rotatable bonds is 6. The maximum atomic E-state index is 2.49. The number of benzene rings is 6. The quantitative estimate of drug-likeness (QED) is 0.157. The molecule has 198 valence electrons. The Hall–Kier alpha value is -5.08. The number of nitrogens with zero attached hydrogens (tertiary/aromatic N) is 2. The van der Waals surface area contributed by atoms with Gasteiger partial charge in [-0.05, 0) is 54.8 Å². The molecule has 0 heterocycles. The van der Waals surface area contributed by atoms with Crippen LogP contribution in [0, 0.1) is 5.92 Å². The van der Waals surface area contributed by atoms with E-state index in [0.29, 0.717) is 5.92 Å². The van der Waals surface area contributed by atoms with Crippen LogP contribution in [0.25, 0.3) is 21.5 Å². The monoisotopic (exact) mass is 528 g/mol. The Morgan fingerprint density at radius 3 is 1.24 bits per heavy atom. The van der Waals surface area contributed by atoms with E-state index in [9.17, 15) is 0 Å². The highest BCUT2D eigenvalue weighted by Crippen LogP contribution is 2.50. The molecule has 0 spiro atoms. The first-order valence-corrected chi connectivity index (χ1v) is 14.4. The third-order valence-corrected chi connectivity index (χ3v) is 7.91. The summed E-state index contributed by atoms with van der Waals surface area (Å²) in [5.74, 6) is 0.477. The first-order valence-electron chi connectivity index (χ1n) is 14.4. The van der Waals surface area contributed by atoms with Gasteiger partial charge in [-0.3, -0.25) is 0 Å². The van der Waals surface area contributed by atoms with Crippen LogP contribution in [-0.2, 0) is 0 Å². The van der Waals surface area contributed by atoms with Crippen LogP contribution in [0.3, 0.4) is 0 Å². The second kappa shape index (κ2) is 10.8. The van der Waals surface area contributed by atoms with E-state index in [-0.39, 0.29) is 0 Å². The van der Waals surface area contributed by atoms with Crippen molar-refractivity contribution in [3.63, 3.8) is 0 Å². The van der Waals surface area contributed by atoms with Crippen LogP contribution in [0.15, 0.2) is 163 Å². The zero-order valence-electron chi connectivity index (χ0n) is 23.2. The molecule has 2 nitrogen and oxygen atoms in total. The van der Waals surface area contributed by atoms with Gasteiger partial charge in [-0.25, -0.2) is 0 Å². The number of hydrogen-bond donors (Lipinski definition) is 0. The molecule has 0 saturated heterocycles. The fraction of sp³-hybridized carbons (Fsp3) is 0.0769. The van der Waals surface area contributed by atoms with Crippen molar-refractivity contribution in [3.8, 4) is 0 Å². The zero-order chi connectivity index (χ0) is 27.6. The predicted octanol–water partition coefficient (Wildman–Crippen LogP) is 11.1. The number of allylic oxidation sites excluding steroid dienone is 4. The van der Waals surface area contributed by atoms with E-state index in [1.165, 1.54) is 44.3 Å². The van der Waals surface area contributed by atoms with E-state index in [1.54, 1.807) is 0 Å². The summed E-state index contributed by atoms with van der Waals surface area (Å²) in [4.78, 5) is 4.90. The standard InChI is InChI=1S/C39H32N2/c1-29-16-15-23-33(28-29)41(32-21-9-4-10-22-32)39-36-26-13-11-24-34(36)38(35-25-12-14-27-37(35)39)40(30-17-5-2-6-18-30)31-19-7-3-8-20-31/h2-27,29H,28H2,1H3. The molecule has 2 heteroatoms. The average Bonchev–Trinajstić information content (AvgIpc) is 3.04. The molecule has 0 aliphatic heterocycles. The van der Waals surface area contributed by atoms with Crippen LogP contribution < -0.4 is 9.80 Å². The first kappa shape index (κ1) is 24.9. The van der Waals surface area contributed by atoms with Gasteiger partial charge in [0.15, 0.2) is 0 Å². The molecule has 1 unspecified atom stereocenters. The second-order valence-corrected chi connectivity index (χ2v) is 10.7. The average molecular weight is 529 g/mol. The van der Waals surface area contributed by atoms with Crippen molar-refractivity contribution in [2.75, 3.05) is 9.80 Å². The Morgan fingerprint density at radius 2 is 0.829 bits per heavy atom. The fourth-order valence-corrected chi connectivity index (χ4v) is 6.13. The van der Waals surface area contributed by atoms with Crippen molar-refractivity contribution < 1.29 is 0 Å². The lowest BCUT2D eigenvalue weighted by molar-refractivity contribution is 0.697. The van der Waals surface area contributed by atoms with Gasteiger partial charge in [0.25, 0.3) is 0 Å². The highest BCUT2D eigenvalue weighted by molar-refractivity contribution is 6.22. The molecule has 7 rings (SSSR count). The smallest absolute Gasteiger partial charge is 0.0619 e. The van der Waals surface area contributed by atoms with Gasteiger partial charge in [-0.2, -0.15) is 0 Å². The van der Waals surface area contributed by atoms with Crippen molar-refractivity contribution in [3.05, 3.63) is 163 Å². The Kier molecular flexibility index (Phi) is 6.58. The summed E-state index contributed by atoms with van der Waals surface area (Å²) in [6.45, 7) is 2.30. The molecule has 6 aromatic carbocycles. The highest BCUT2D eigenvalue weighted by Gasteiger charge is 2.26. The summed E-state index contributed by atoms with van der Waals surface area (Å²) in [6, 6.07) is 50.0. The Balaban J connectivity index is 1.60. The summed E-state index contributed by atoms with van der Waals surface area (Å²) in [6.07, 6.45) is 7.77. The van der Waals surface area contributed by atoms with Crippen LogP contribution in [0.5, 0.6) is 0 Å². The molecule has 0 bridgehead atoms. The van der Waals surface area contributed by atoms with Crippen molar-refractivity contribution in [2.45, 2.75) is 13.3 Å². The lowest BCUT2D eigenvalue weighted by Gasteiger charge is -2.34. The van der Waals surface area contributed by atoms with Crippen LogP contribution in [0.4, 0.5) is 28.4 Å². The van der Waals surface area contributed by atoms with Crippen LogP contribution >= 0.6 is 0 Å². The van der Waals surface area contributed by atoms with Gasteiger partial charge in [-0.15, -0.1) is 0 Å². The number of para-hydroxylation sites is 3. The topological polar surface area (TPSA) is 6.48 Å². The van der Waals surface area contributed by atoms with E-state index in [1.807, 2.05) is 0 Å². The fourth-order valence-electron chi connectivity index (χ4n) is 6.13. The molecule has 0 radical (unpaired) electrons. The van der Waals surface area contributed by atoms with Crippen molar-refractivity contribution in [1.82, 2.24) is 0 Å². The summed E-state index contributed by atoms with van der Waals surface area (Å²) >= 11 is 0. The van der Waals surface area contributed by atoms with E-state index < -0.39 is 0 Å². The second-order valence-electron chi connectivity index (χ2n) is 10.7. The largest absolute Gasteiger partial charge is 0.313 e. The molecular formula is C39H32N2. The lowest BCUT2D eigenvalue weighted by Crippen LogP contribution is -2.20. The minimum Gasteiger partial charge on any atom is -0.313 e. The van der Waals surface area contributed by atoms with Gasteiger partial charge in [0, 0.05) is 44.3 Å². The molecule has 1 atom stereocenters. The summed E-state index contributed by atoms with van der Waals surface area (Å²) in [7, 11) is 0. The van der Waals surface area contributed by atoms with Crippen molar-refractivity contribution in [2.24, 2.45) is 5.92 Å². The van der Waals surface area contributed by atoms with E-state index in [2.05, 4.69) is 174 Å². The highest BCUT2D eigenvalue weighted by atomic mass is 15.2. The lowest BCUT2D eigenvalue weighted by atomic mass is 9.93. The molecule has 0 saturated carbocycles. The number of fused-ring (bicyclic) bond motifs is 2. The molecule has 41 heavy (non-hydrogen) atoms. The molecule has 6 aromatic rings. The van der Waals surface area contributed by atoms with Gasteiger partial charge in [0.05, 0.1) is 11.4 Å². The van der Waals surface area contributed by atoms with Crippen LogP contribution in [0.1, 0.15) is 13.3 Å². The zero-order valence-corrected chi connectivity index (χ0v) is 23.2. The van der Waals surface area contributed by atoms with Crippen molar-refractivity contribution >= 4 is 50.0 Å². The number of anilines is 5. The molecule has 0 N–H and O–H groups in total. The minimum atomic E-state index is 0.477. The van der Waals surface area contributed by atoms with Crippen LogP contribution in [-0.4, -0.2) is 0 Å². The molecule has 1 aliphatic carbocycles. The van der Waals surface area contributed by atoms with Crippen molar-refractivity contribution in [1.29, 1.82) is 0 Å². The maximum absolute atomic E-state index is 2.49. The van der Waals surface area contributed by atoms with Gasteiger partial charge in [0.2, 0.25) is 0 Å². The predicted molar refractivity (Wildman–Crippen MR) is 176 cm³/mol.